The van der Waals surface area contributed by atoms with Crippen molar-refractivity contribution < 1.29 is 17.9 Å². The third-order valence-corrected chi connectivity index (χ3v) is 7.55. The van der Waals surface area contributed by atoms with E-state index in [0.29, 0.717) is 0 Å². The molecule has 8 heteroatoms. The van der Waals surface area contributed by atoms with Gasteiger partial charge in [0.2, 0.25) is 0 Å². The molecule has 2 atom stereocenters. The molecule has 0 bridgehead atoms. The minimum atomic E-state index is -2.94. The van der Waals surface area contributed by atoms with Gasteiger partial charge in [-0.1, -0.05) is 30.8 Å². The Morgan fingerprint density at radius 1 is 1.32 bits per heavy atom. The van der Waals surface area contributed by atoms with Crippen LogP contribution in [0.4, 0.5) is 5.69 Å². The van der Waals surface area contributed by atoms with Crippen LogP contribution in [0.25, 0.3) is 0 Å². The lowest BCUT2D eigenvalue weighted by Crippen LogP contribution is -2.29. The van der Waals surface area contributed by atoms with Crippen LogP contribution in [-0.2, 0) is 25.8 Å². The number of hydrogen-bond acceptors (Lipinski definition) is 7. The summed E-state index contributed by atoms with van der Waals surface area (Å²) in [6, 6.07) is 7.66. The summed E-state index contributed by atoms with van der Waals surface area (Å²) in [6.07, 6.45) is 1.21. The zero-order valence-electron chi connectivity index (χ0n) is 14.3. The van der Waals surface area contributed by atoms with Crippen LogP contribution < -0.4 is 4.90 Å². The first kappa shape index (κ1) is 18.3. The lowest BCUT2D eigenvalue weighted by molar-refractivity contribution is -0.139. The van der Waals surface area contributed by atoms with Gasteiger partial charge in [0.05, 0.1) is 31.1 Å². The summed E-state index contributed by atoms with van der Waals surface area (Å²) in [6.45, 7) is 2.92. The van der Waals surface area contributed by atoms with Crippen molar-refractivity contribution in [3.63, 3.8) is 0 Å². The van der Waals surface area contributed by atoms with Gasteiger partial charge in [0.15, 0.2) is 15.0 Å². The SMILES string of the molecule is CCCN(C1=N[C@@H]2CS(=O)(=O)C[C@H]2S1)c1ccc(CC(=O)OC)cc1. The number of carbonyl (C=O) groups excluding carboxylic acids is 1. The normalized spacial score (nSPS) is 23.8. The van der Waals surface area contributed by atoms with E-state index in [-0.39, 0.29) is 35.2 Å². The number of esters is 1. The third kappa shape index (κ3) is 4.17. The Kier molecular flexibility index (Phi) is 5.38. The Labute approximate surface area is 152 Å². The molecular weight excluding hydrogens is 360 g/mol. The van der Waals surface area contributed by atoms with Crippen LogP contribution in [0.3, 0.4) is 0 Å². The summed E-state index contributed by atoms with van der Waals surface area (Å²) in [7, 11) is -1.56. The molecule has 136 valence electrons. The van der Waals surface area contributed by atoms with Crippen molar-refractivity contribution in [2.24, 2.45) is 4.99 Å². The zero-order chi connectivity index (χ0) is 18.0. The van der Waals surface area contributed by atoms with Crippen LogP contribution in [0.1, 0.15) is 18.9 Å². The summed E-state index contributed by atoms with van der Waals surface area (Å²) < 4.78 is 28.2. The molecule has 0 aromatic heterocycles. The fourth-order valence-electron chi connectivity index (χ4n) is 3.06. The first-order chi connectivity index (χ1) is 11.9. The second-order valence-corrected chi connectivity index (χ2v) is 9.64. The Balaban J connectivity index is 1.77. The Hall–Kier alpha value is -1.54. The summed E-state index contributed by atoms with van der Waals surface area (Å²) in [5.41, 5.74) is 1.90. The van der Waals surface area contributed by atoms with E-state index in [9.17, 15) is 13.2 Å². The van der Waals surface area contributed by atoms with Gasteiger partial charge < -0.3 is 9.64 Å². The van der Waals surface area contributed by atoms with E-state index in [1.165, 1.54) is 7.11 Å². The number of anilines is 1. The molecule has 1 aromatic rings. The number of thioether (sulfide) groups is 1. The van der Waals surface area contributed by atoms with Gasteiger partial charge in [0.25, 0.3) is 0 Å². The average molecular weight is 383 g/mol. The third-order valence-electron chi connectivity index (χ3n) is 4.31. The van der Waals surface area contributed by atoms with E-state index in [1.807, 2.05) is 24.3 Å². The molecule has 6 nitrogen and oxygen atoms in total. The Morgan fingerprint density at radius 3 is 2.64 bits per heavy atom. The summed E-state index contributed by atoms with van der Waals surface area (Å²) >= 11 is 1.57. The molecule has 2 heterocycles. The predicted octanol–water partition coefficient (Wildman–Crippen LogP) is 1.89. The zero-order valence-corrected chi connectivity index (χ0v) is 16.0. The van der Waals surface area contributed by atoms with Crippen molar-refractivity contribution in [1.29, 1.82) is 0 Å². The molecule has 1 saturated heterocycles. The summed E-state index contributed by atoms with van der Waals surface area (Å²) in [5, 5.41) is 0.936. The minimum absolute atomic E-state index is 0.0398. The fraction of sp³-hybridized carbons (Fsp3) is 0.529. The van der Waals surface area contributed by atoms with Gasteiger partial charge in [-0.15, -0.1) is 0 Å². The lowest BCUT2D eigenvalue weighted by atomic mass is 10.1. The molecule has 0 radical (unpaired) electrons. The topological polar surface area (TPSA) is 76.0 Å². The monoisotopic (exact) mass is 382 g/mol. The van der Waals surface area contributed by atoms with Crippen molar-refractivity contribution in [3.8, 4) is 0 Å². The second kappa shape index (κ2) is 7.37. The highest BCUT2D eigenvalue weighted by atomic mass is 32.2. The minimum Gasteiger partial charge on any atom is -0.469 e. The molecule has 0 aliphatic carbocycles. The van der Waals surface area contributed by atoms with E-state index < -0.39 is 9.84 Å². The molecule has 3 rings (SSSR count). The van der Waals surface area contributed by atoms with Crippen molar-refractivity contribution in [1.82, 2.24) is 0 Å². The van der Waals surface area contributed by atoms with Gasteiger partial charge in [-0.25, -0.2) is 8.42 Å². The molecule has 0 N–H and O–H groups in total. The van der Waals surface area contributed by atoms with E-state index in [2.05, 4.69) is 21.6 Å². The maximum atomic E-state index is 11.7. The molecule has 2 aliphatic heterocycles. The van der Waals surface area contributed by atoms with Gasteiger partial charge in [-0.05, 0) is 24.1 Å². The van der Waals surface area contributed by atoms with Gasteiger partial charge in [-0.2, -0.15) is 0 Å². The number of ether oxygens (including phenoxy) is 1. The van der Waals surface area contributed by atoms with Crippen LogP contribution in [0.2, 0.25) is 0 Å². The van der Waals surface area contributed by atoms with E-state index in [1.54, 1.807) is 11.8 Å². The molecule has 0 saturated carbocycles. The van der Waals surface area contributed by atoms with E-state index >= 15 is 0 Å². The molecule has 0 spiro atoms. The van der Waals surface area contributed by atoms with Crippen molar-refractivity contribution in [2.75, 3.05) is 30.1 Å². The van der Waals surface area contributed by atoms with E-state index in [0.717, 1.165) is 29.4 Å². The highest BCUT2D eigenvalue weighted by molar-refractivity contribution is 8.15. The second-order valence-electron chi connectivity index (χ2n) is 6.28. The molecular formula is C17H22N2O4S2. The highest BCUT2D eigenvalue weighted by Gasteiger charge is 2.43. The predicted molar refractivity (Wildman–Crippen MR) is 101 cm³/mol. The number of rotatable bonds is 5. The molecule has 25 heavy (non-hydrogen) atoms. The van der Waals surface area contributed by atoms with Crippen LogP contribution in [-0.4, -0.2) is 56.0 Å². The van der Waals surface area contributed by atoms with Gasteiger partial charge in [0, 0.05) is 17.5 Å². The maximum Gasteiger partial charge on any atom is 0.309 e. The number of nitrogens with zero attached hydrogens (tertiary/aromatic N) is 2. The summed E-state index contributed by atoms with van der Waals surface area (Å²) in [4.78, 5) is 18.2. The smallest absolute Gasteiger partial charge is 0.309 e. The molecule has 0 unspecified atom stereocenters. The number of aliphatic imine (C=N–C) groups is 1. The van der Waals surface area contributed by atoms with Crippen LogP contribution in [0.15, 0.2) is 29.3 Å². The number of amidine groups is 1. The fourth-order valence-corrected chi connectivity index (χ4v) is 6.87. The number of carbonyl (C=O) groups is 1. The quantitative estimate of drug-likeness (QED) is 0.724. The van der Waals surface area contributed by atoms with Crippen molar-refractivity contribution in [2.45, 2.75) is 31.1 Å². The largest absolute Gasteiger partial charge is 0.469 e. The van der Waals surface area contributed by atoms with Crippen LogP contribution in [0, 0.1) is 0 Å². The molecule has 1 aromatic carbocycles. The number of fused-ring (bicyclic) bond motifs is 1. The first-order valence-corrected chi connectivity index (χ1v) is 11.0. The van der Waals surface area contributed by atoms with Gasteiger partial charge in [-0.3, -0.25) is 9.79 Å². The molecule has 1 fully saturated rings. The van der Waals surface area contributed by atoms with Gasteiger partial charge in [0.1, 0.15) is 0 Å². The van der Waals surface area contributed by atoms with Gasteiger partial charge >= 0.3 is 5.97 Å². The van der Waals surface area contributed by atoms with Crippen LogP contribution >= 0.6 is 11.8 Å². The number of benzene rings is 1. The van der Waals surface area contributed by atoms with Crippen molar-refractivity contribution >= 4 is 38.4 Å². The molecule has 0 amide bonds. The Morgan fingerprint density at radius 2 is 2.04 bits per heavy atom. The van der Waals surface area contributed by atoms with Crippen molar-refractivity contribution in [3.05, 3.63) is 29.8 Å². The highest BCUT2D eigenvalue weighted by Crippen LogP contribution is 2.36. The standard InChI is InChI=1S/C17H22N2O4S2/c1-3-8-19(13-6-4-12(5-7-13)9-16(20)23-2)17-18-14-10-25(21,22)11-15(14)24-17/h4-7,14-15H,3,8-11H2,1-2H3/t14-,15-/m1/s1. The number of sulfone groups is 1. The molecule has 2 aliphatic rings. The number of hydrogen-bond donors (Lipinski definition) is 0. The maximum absolute atomic E-state index is 11.7. The van der Waals surface area contributed by atoms with E-state index in [4.69, 9.17) is 0 Å². The Bertz CT molecular complexity index is 774. The number of methoxy groups -OCH3 is 1. The lowest BCUT2D eigenvalue weighted by Gasteiger charge is -2.24. The summed E-state index contributed by atoms with van der Waals surface area (Å²) in [5.74, 6) is 0.113. The van der Waals surface area contributed by atoms with Crippen LogP contribution in [0.5, 0.6) is 0 Å². The first-order valence-electron chi connectivity index (χ1n) is 8.30. The average Bonchev–Trinajstić information content (AvgIpc) is 3.06.